The Kier molecular flexibility index (Phi) is 2.58. The van der Waals surface area contributed by atoms with Crippen molar-refractivity contribution in [1.29, 1.82) is 0 Å². The number of nitrogens with zero attached hydrogens (tertiary/aromatic N) is 3. The lowest BCUT2D eigenvalue weighted by atomic mass is 10.1. The fourth-order valence-electron chi connectivity index (χ4n) is 2.40. The summed E-state index contributed by atoms with van der Waals surface area (Å²) in [6.45, 7) is 2.21. The molecule has 2 heterocycles. The number of aromatic nitrogens is 3. The van der Waals surface area contributed by atoms with Gasteiger partial charge in [0, 0.05) is 1.43 Å². The summed E-state index contributed by atoms with van der Waals surface area (Å²) >= 11 is 0. The molecule has 3 rings (SSSR count). The first-order chi connectivity index (χ1) is 7.95. The predicted molar refractivity (Wildman–Crippen MR) is 65.4 cm³/mol. The molecular formula is C12H18N4. The van der Waals surface area contributed by atoms with E-state index in [4.69, 9.17) is 0 Å². The van der Waals surface area contributed by atoms with Gasteiger partial charge in [0.15, 0.2) is 0 Å². The summed E-state index contributed by atoms with van der Waals surface area (Å²) in [5, 5.41) is 11.9. The molecule has 1 N–H and O–H groups in total. The summed E-state index contributed by atoms with van der Waals surface area (Å²) in [4.78, 5) is 0. The van der Waals surface area contributed by atoms with E-state index in [0.29, 0.717) is 6.04 Å². The van der Waals surface area contributed by atoms with Crippen LogP contribution in [0.5, 0.6) is 0 Å². The van der Waals surface area contributed by atoms with E-state index in [9.17, 15) is 0 Å². The Hall–Kier alpha value is -1.42. The zero-order valence-corrected chi connectivity index (χ0v) is 9.26. The van der Waals surface area contributed by atoms with Crippen molar-refractivity contribution < 1.29 is 1.43 Å². The molecule has 2 aromatic rings. The van der Waals surface area contributed by atoms with Crippen molar-refractivity contribution in [1.82, 2.24) is 20.3 Å². The van der Waals surface area contributed by atoms with E-state index in [-0.39, 0.29) is 1.43 Å². The first-order valence-electron chi connectivity index (χ1n) is 5.96. The Balaban J connectivity index is 0.00000108. The third-order valence-corrected chi connectivity index (χ3v) is 3.27. The van der Waals surface area contributed by atoms with Crippen LogP contribution in [0, 0.1) is 0 Å². The molecule has 0 amide bonds. The first kappa shape index (κ1) is 9.78. The molecule has 0 saturated carbocycles. The molecular weight excluding hydrogens is 200 g/mol. The molecule has 0 spiro atoms. The fraction of sp³-hybridized carbons (Fsp3) is 0.500. The van der Waals surface area contributed by atoms with E-state index in [2.05, 4.69) is 32.4 Å². The summed E-state index contributed by atoms with van der Waals surface area (Å²) < 4.78 is 2.10. The number of fused-ring (bicyclic) bond motifs is 1. The highest BCUT2D eigenvalue weighted by atomic mass is 15.4. The van der Waals surface area contributed by atoms with E-state index >= 15 is 0 Å². The highest BCUT2D eigenvalue weighted by Crippen LogP contribution is 2.22. The molecule has 1 aromatic carbocycles. The maximum atomic E-state index is 4.30. The minimum Gasteiger partial charge on any atom is -0.317 e. The second kappa shape index (κ2) is 4.22. The van der Waals surface area contributed by atoms with Crippen LogP contribution in [0.15, 0.2) is 24.3 Å². The second-order valence-electron chi connectivity index (χ2n) is 4.36. The quantitative estimate of drug-likeness (QED) is 0.796. The van der Waals surface area contributed by atoms with Gasteiger partial charge in [-0.3, -0.25) is 0 Å². The summed E-state index contributed by atoms with van der Waals surface area (Å²) in [5.41, 5.74) is 2.16. The van der Waals surface area contributed by atoms with Crippen LogP contribution in [0.4, 0.5) is 0 Å². The van der Waals surface area contributed by atoms with E-state index in [1.807, 2.05) is 12.1 Å². The number of nitrogens with one attached hydrogen (secondary N) is 1. The molecule has 1 saturated heterocycles. The molecule has 0 radical (unpaired) electrons. The van der Waals surface area contributed by atoms with Crippen molar-refractivity contribution in [2.75, 3.05) is 13.1 Å². The fourth-order valence-corrected chi connectivity index (χ4v) is 2.40. The summed E-state index contributed by atoms with van der Waals surface area (Å²) in [6, 6.07) is 8.69. The molecule has 4 heteroatoms. The highest BCUT2D eigenvalue weighted by molar-refractivity contribution is 5.73. The van der Waals surface area contributed by atoms with Crippen molar-refractivity contribution in [3.8, 4) is 0 Å². The zero-order valence-electron chi connectivity index (χ0n) is 9.26. The Morgan fingerprint density at radius 1 is 1.25 bits per heavy atom. The van der Waals surface area contributed by atoms with Crippen LogP contribution in [0.2, 0.25) is 0 Å². The van der Waals surface area contributed by atoms with Gasteiger partial charge < -0.3 is 5.32 Å². The van der Waals surface area contributed by atoms with Crippen molar-refractivity contribution in [3.63, 3.8) is 0 Å². The lowest BCUT2D eigenvalue weighted by Crippen LogP contribution is -2.15. The zero-order chi connectivity index (χ0) is 10.8. The van der Waals surface area contributed by atoms with E-state index < -0.39 is 0 Å². The average molecular weight is 218 g/mol. The average Bonchev–Trinajstić information content (AvgIpc) is 2.57. The molecule has 0 bridgehead atoms. The summed E-state index contributed by atoms with van der Waals surface area (Å²) in [7, 11) is 0. The maximum Gasteiger partial charge on any atom is 0.113 e. The minimum absolute atomic E-state index is 0. The molecule has 86 valence electrons. The Bertz CT molecular complexity index is 474. The van der Waals surface area contributed by atoms with Gasteiger partial charge in [-0.2, -0.15) is 0 Å². The molecule has 1 aromatic heterocycles. The third kappa shape index (κ3) is 1.69. The van der Waals surface area contributed by atoms with E-state index in [1.165, 1.54) is 12.8 Å². The topological polar surface area (TPSA) is 42.7 Å². The first-order valence-corrected chi connectivity index (χ1v) is 5.96. The standard InChI is InChI=1S/C12H16N4.H2/c1-2-6-12-11(5-1)14-15-16(12)10-4-3-8-13-9-7-10;/h1-2,5-6,10,13H,3-4,7-9H2;1H. The largest absolute Gasteiger partial charge is 0.317 e. The molecule has 4 nitrogen and oxygen atoms in total. The molecule has 1 unspecified atom stereocenters. The monoisotopic (exact) mass is 218 g/mol. The number of hydrogen-bond donors (Lipinski definition) is 1. The van der Waals surface area contributed by atoms with Gasteiger partial charge in [0.25, 0.3) is 0 Å². The van der Waals surface area contributed by atoms with Gasteiger partial charge in [-0.1, -0.05) is 17.3 Å². The number of rotatable bonds is 1. The third-order valence-electron chi connectivity index (χ3n) is 3.27. The van der Waals surface area contributed by atoms with Crippen LogP contribution in [0.3, 0.4) is 0 Å². The SMILES string of the molecule is [HH].c1ccc2c(c1)nnn2C1CCCNCC1. The van der Waals surface area contributed by atoms with Gasteiger partial charge in [0.1, 0.15) is 5.52 Å². The van der Waals surface area contributed by atoms with Gasteiger partial charge in [0.05, 0.1) is 11.6 Å². The Labute approximate surface area is 96.1 Å². The molecule has 16 heavy (non-hydrogen) atoms. The lowest BCUT2D eigenvalue weighted by molar-refractivity contribution is 0.416. The van der Waals surface area contributed by atoms with Crippen LogP contribution in [-0.4, -0.2) is 28.1 Å². The van der Waals surface area contributed by atoms with Crippen molar-refractivity contribution >= 4 is 11.0 Å². The van der Waals surface area contributed by atoms with Crippen LogP contribution in [0.25, 0.3) is 11.0 Å². The molecule has 1 aliphatic heterocycles. The van der Waals surface area contributed by atoms with Crippen LogP contribution in [-0.2, 0) is 0 Å². The molecule has 1 fully saturated rings. The maximum absolute atomic E-state index is 4.30. The number of hydrogen-bond acceptors (Lipinski definition) is 3. The van der Waals surface area contributed by atoms with Crippen LogP contribution < -0.4 is 5.32 Å². The second-order valence-corrected chi connectivity index (χ2v) is 4.36. The van der Waals surface area contributed by atoms with Crippen molar-refractivity contribution in [2.45, 2.75) is 25.3 Å². The van der Waals surface area contributed by atoms with Crippen LogP contribution >= 0.6 is 0 Å². The normalized spacial score (nSPS) is 22.1. The minimum atomic E-state index is 0. The highest BCUT2D eigenvalue weighted by Gasteiger charge is 2.16. The van der Waals surface area contributed by atoms with E-state index in [1.54, 1.807) is 0 Å². The van der Waals surface area contributed by atoms with Crippen molar-refractivity contribution in [3.05, 3.63) is 24.3 Å². The lowest BCUT2D eigenvalue weighted by Gasteiger charge is -2.14. The van der Waals surface area contributed by atoms with Gasteiger partial charge >= 0.3 is 0 Å². The number of benzene rings is 1. The van der Waals surface area contributed by atoms with Gasteiger partial charge in [-0.15, -0.1) is 5.10 Å². The van der Waals surface area contributed by atoms with Crippen LogP contribution in [0.1, 0.15) is 26.7 Å². The smallest absolute Gasteiger partial charge is 0.113 e. The van der Waals surface area contributed by atoms with Gasteiger partial charge in [-0.25, -0.2) is 4.68 Å². The Morgan fingerprint density at radius 2 is 2.19 bits per heavy atom. The van der Waals surface area contributed by atoms with Crippen molar-refractivity contribution in [2.24, 2.45) is 0 Å². The molecule has 1 atom stereocenters. The molecule has 1 aliphatic rings. The van der Waals surface area contributed by atoms with Gasteiger partial charge in [0.2, 0.25) is 0 Å². The molecule has 0 aliphatic carbocycles. The number of para-hydroxylation sites is 1. The van der Waals surface area contributed by atoms with Gasteiger partial charge in [-0.05, 0) is 44.5 Å². The summed E-state index contributed by atoms with van der Waals surface area (Å²) in [5.74, 6) is 0. The van der Waals surface area contributed by atoms with E-state index in [0.717, 1.165) is 30.5 Å². The summed E-state index contributed by atoms with van der Waals surface area (Å²) in [6.07, 6.45) is 3.56. The Morgan fingerprint density at radius 3 is 3.19 bits per heavy atom. The predicted octanol–water partition coefficient (Wildman–Crippen LogP) is 1.99.